The van der Waals surface area contributed by atoms with Gasteiger partial charge in [0.2, 0.25) is 0 Å². The molecule has 30 heavy (non-hydrogen) atoms. The van der Waals surface area contributed by atoms with Crippen molar-refractivity contribution in [3.8, 4) is 0 Å². The number of halogens is 1. The third-order valence-corrected chi connectivity index (χ3v) is 6.38. The monoisotopic (exact) mass is 423 g/mol. The van der Waals surface area contributed by atoms with Crippen molar-refractivity contribution in [2.45, 2.75) is 51.2 Å². The van der Waals surface area contributed by atoms with Crippen molar-refractivity contribution in [1.82, 2.24) is 14.9 Å². The molecule has 3 aromatic rings. The molecule has 2 heterocycles. The molecule has 0 saturated heterocycles. The average Bonchev–Trinajstić information content (AvgIpc) is 3.11. The van der Waals surface area contributed by atoms with Crippen LogP contribution in [-0.4, -0.2) is 28.2 Å². The Balaban J connectivity index is 1.23. The molecule has 7 heteroatoms. The van der Waals surface area contributed by atoms with E-state index >= 15 is 0 Å². The van der Waals surface area contributed by atoms with Gasteiger partial charge >= 0.3 is 6.03 Å². The topological polar surface area (TPSA) is 62.2 Å². The second kappa shape index (κ2) is 8.19. The number of urea groups is 1. The molecule has 1 aromatic heterocycles. The summed E-state index contributed by atoms with van der Waals surface area (Å²) >= 11 is 6.12. The number of carbonyl (C=O) groups excluding carboxylic acids is 1. The summed E-state index contributed by atoms with van der Waals surface area (Å²) in [7, 11) is 0. The van der Waals surface area contributed by atoms with Crippen LogP contribution in [-0.2, 0) is 13.1 Å². The number of imidazole rings is 1. The minimum atomic E-state index is -0.111. The van der Waals surface area contributed by atoms with Crippen molar-refractivity contribution in [2.24, 2.45) is 0 Å². The molecule has 0 atom stereocenters. The highest BCUT2D eigenvalue weighted by molar-refractivity contribution is 6.31. The van der Waals surface area contributed by atoms with Crippen LogP contribution in [0.5, 0.6) is 0 Å². The van der Waals surface area contributed by atoms with Crippen LogP contribution in [0.2, 0.25) is 5.02 Å². The van der Waals surface area contributed by atoms with Gasteiger partial charge < -0.3 is 20.1 Å². The maximum atomic E-state index is 12.3. The fourth-order valence-corrected chi connectivity index (χ4v) is 4.74. The number of anilines is 2. The van der Waals surface area contributed by atoms with Crippen molar-refractivity contribution < 1.29 is 4.79 Å². The molecule has 1 aliphatic carbocycles. The predicted octanol–water partition coefficient (Wildman–Crippen LogP) is 5.16. The van der Waals surface area contributed by atoms with E-state index in [1.54, 1.807) is 0 Å². The molecule has 1 aliphatic heterocycles. The summed E-state index contributed by atoms with van der Waals surface area (Å²) < 4.78 is 2.27. The summed E-state index contributed by atoms with van der Waals surface area (Å²) in [6.07, 6.45) is 5.85. The Bertz CT molecular complexity index is 1060. The van der Waals surface area contributed by atoms with Crippen molar-refractivity contribution in [1.29, 1.82) is 0 Å². The highest BCUT2D eigenvalue weighted by atomic mass is 35.5. The van der Waals surface area contributed by atoms with Crippen molar-refractivity contribution >= 4 is 40.0 Å². The molecule has 2 amide bonds. The van der Waals surface area contributed by atoms with Gasteiger partial charge in [0.15, 0.2) is 0 Å². The maximum absolute atomic E-state index is 12.3. The number of nitrogens with one attached hydrogen (secondary N) is 2. The van der Waals surface area contributed by atoms with Gasteiger partial charge in [-0.25, -0.2) is 9.78 Å². The molecule has 2 aromatic carbocycles. The first-order valence-corrected chi connectivity index (χ1v) is 11.1. The summed E-state index contributed by atoms with van der Waals surface area (Å²) in [5.41, 5.74) is 4.02. The van der Waals surface area contributed by atoms with E-state index in [0.717, 1.165) is 60.7 Å². The smallest absolute Gasteiger partial charge is 0.319 e. The number of hydrogen-bond donors (Lipinski definition) is 2. The van der Waals surface area contributed by atoms with E-state index < -0.39 is 0 Å². The van der Waals surface area contributed by atoms with Gasteiger partial charge in [-0.05, 0) is 55.3 Å². The van der Waals surface area contributed by atoms with Crippen LogP contribution >= 0.6 is 11.6 Å². The lowest BCUT2D eigenvalue weighted by molar-refractivity contribution is 0.244. The van der Waals surface area contributed by atoms with Crippen molar-refractivity contribution in [3.05, 3.63) is 53.3 Å². The highest BCUT2D eigenvalue weighted by Crippen LogP contribution is 2.27. The lowest BCUT2D eigenvalue weighted by Gasteiger charge is -2.30. The van der Waals surface area contributed by atoms with Crippen LogP contribution in [0.25, 0.3) is 11.0 Å². The normalized spacial score (nSPS) is 17.0. The lowest BCUT2D eigenvalue weighted by Crippen LogP contribution is -2.39. The van der Waals surface area contributed by atoms with E-state index in [-0.39, 0.29) is 6.03 Å². The van der Waals surface area contributed by atoms with Gasteiger partial charge in [0, 0.05) is 35.5 Å². The third kappa shape index (κ3) is 3.97. The average molecular weight is 424 g/mol. The number of carbonyl (C=O) groups is 1. The fourth-order valence-electron chi connectivity index (χ4n) is 4.57. The van der Waals surface area contributed by atoms with E-state index in [9.17, 15) is 4.79 Å². The van der Waals surface area contributed by atoms with E-state index in [1.165, 1.54) is 19.3 Å². The van der Waals surface area contributed by atoms with Crippen LogP contribution in [0, 0.1) is 0 Å². The fraction of sp³-hybridized carbons (Fsp3) is 0.391. The van der Waals surface area contributed by atoms with Crippen LogP contribution in [0.15, 0.2) is 42.5 Å². The molecule has 2 aliphatic rings. The van der Waals surface area contributed by atoms with Crippen LogP contribution in [0.1, 0.15) is 37.9 Å². The summed E-state index contributed by atoms with van der Waals surface area (Å²) in [6, 6.07) is 14.1. The summed E-state index contributed by atoms with van der Waals surface area (Å²) in [5.74, 6) is 1.05. The standard InChI is InChI=1S/C23H26ClN5O/c24-16-6-11-21-20(14-16)27-22-15-28(12-13-29(21)22)19-9-7-18(8-10-19)26-23(30)25-17-4-2-1-3-5-17/h6-11,14,17H,1-5,12-13,15H2,(H2,25,26,30). The molecule has 6 nitrogen and oxygen atoms in total. The number of benzene rings is 2. The predicted molar refractivity (Wildman–Crippen MR) is 121 cm³/mol. The Morgan fingerprint density at radius 3 is 2.63 bits per heavy atom. The first-order valence-electron chi connectivity index (χ1n) is 10.7. The van der Waals surface area contributed by atoms with Gasteiger partial charge in [0.05, 0.1) is 17.6 Å². The zero-order chi connectivity index (χ0) is 20.5. The zero-order valence-electron chi connectivity index (χ0n) is 16.9. The number of hydrogen-bond acceptors (Lipinski definition) is 3. The largest absolute Gasteiger partial charge is 0.362 e. The van der Waals surface area contributed by atoms with Crippen molar-refractivity contribution in [2.75, 3.05) is 16.8 Å². The molecule has 2 N–H and O–H groups in total. The summed E-state index contributed by atoms with van der Waals surface area (Å²) in [5, 5.41) is 6.77. The summed E-state index contributed by atoms with van der Waals surface area (Å²) in [4.78, 5) is 19.3. The Labute approximate surface area is 181 Å². The minimum Gasteiger partial charge on any atom is -0.362 e. The molecule has 0 bridgehead atoms. The van der Waals surface area contributed by atoms with Crippen molar-refractivity contribution in [3.63, 3.8) is 0 Å². The molecular formula is C23H26ClN5O. The second-order valence-corrected chi connectivity index (χ2v) is 8.65. The highest BCUT2D eigenvalue weighted by Gasteiger charge is 2.21. The second-order valence-electron chi connectivity index (χ2n) is 8.21. The van der Waals surface area contributed by atoms with Gasteiger partial charge in [0.1, 0.15) is 5.82 Å². The van der Waals surface area contributed by atoms with Gasteiger partial charge in [-0.15, -0.1) is 0 Å². The SMILES string of the molecule is O=C(Nc1ccc(N2CCn3c(nc4cc(Cl)ccc43)C2)cc1)NC1CCCCC1. The first-order chi connectivity index (χ1) is 14.7. The number of fused-ring (bicyclic) bond motifs is 3. The molecule has 1 saturated carbocycles. The number of aromatic nitrogens is 2. The number of amides is 2. The molecule has 0 spiro atoms. The minimum absolute atomic E-state index is 0.111. The third-order valence-electron chi connectivity index (χ3n) is 6.15. The van der Waals surface area contributed by atoms with Crippen LogP contribution in [0.4, 0.5) is 16.2 Å². The Morgan fingerprint density at radius 1 is 1.03 bits per heavy atom. The number of rotatable bonds is 3. The molecule has 156 valence electrons. The Kier molecular flexibility index (Phi) is 5.25. The van der Waals surface area contributed by atoms with E-state index in [0.29, 0.717) is 11.1 Å². The Morgan fingerprint density at radius 2 is 1.83 bits per heavy atom. The first kappa shape index (κ1) is 19.2. The quantitative estimate of drug-likeness (QED) is 0.611. The molecule has 1 fully saturated rings. The molecule has 5 rings (SSSR count). The zero-order valence-corrected chi connectivity index (χ0v) is 17.7. The number of nitrogens with zero attached hydrogens (tertiary/aromatic N) is 3. The lowest BCUT2D eigenvalue weighted by atomic mass is 9.96. The van der Waals surface area contributed by atoms with E-state index in [4.69, 9.17) is 16.6 Å². The summed E-state index contributed by atoms with van der Waals surface area (Å²) in [6.45, 7) is 2.55. The van der Waals surface area contributed by atoms with E-state index in [1.807, 2.05) is 30.3 Å². The van der Waals surface area contributed by atoms with Gasteiger partial charge in [-0.3, -0.25) is 0 Å². The Hall–Kier alpha value is -2.73. The van der Waals surface area contributed by atoms with Gasteiger partial charge in [-0.2, -0.15) is 0 Å². The van der Waals surface area contributed by atoms with Gasteiger partial charge in [-0.1, -0.05) is 30.9 Å². The molecule has 0 radical (unpaired) electrons. The molecular weight excluding hydrogens is 398 g/mol. The van der Waals surface area contributed by atoms with Crippen LogP contribution in [0.3, 0.4) is 0 Å². The van der Waals surface area contributed by atoms with E-state index in [2.05, 4.69) is 32.2 Å². The van der Waals surface area contributed by atoms with Gasteiger partial charge in [0.25, 0.3) is 0 Å². The van der Waals surface area contributed by atoms with Crippen LogP contribution < -0.4 is 15.5 Å². The maximum Gasteiger partial charge on any atom is 0.319 e. The molecule has 0 unspecified atom stereocenters.